The van der Waals surface area contributed by atoms with E-state index in [0.717, 1.165) is 51.2 Å². The van der Waals surface area contributed by atoms with E-state index in [0.29, 0.717) is 12.0 Å². The highest BCUT2D eigenvalue weighted by Crippen LogP contribution is 2.33. The summed E-state index contributed by atoms with van der Waals surface area (Å²) in [5.74, 6) is 2.31. The van der Waals surface area contributed by atoms with Gasteiger partial charge < -0.3 is 19.7 Å². The molecule has 5 nitrogen and oxygen atoms in total. The van der Waals surface area contributed by atoms with Gasteiger partial charge in [0.25, 0.3) is 0 Å². The van der Waals surface area contributed by atoms with Crippen molar-refractivity contribution < 1.29 is 9.47 Å². The number of rotatable bonds is 7. The summed E-state index contributed by atoms with van der Waals surface area (Å²) in [6.07, 6.45) is 5.38. The van der Waals surface area contributed by atoms with Crippen molar-refractivity contribution in [2.24, 2.45) is 22.2 Å². The van der Waals surface area contributed by atoms with Crippen molar-refractivity contribution in [3.8, 4) is 0 Å². The Morgan fingerprint density at radius 3 is 2.67 bits per heavy atom. The van der Waals surface area contributed by atoms with E-state index in [4.69, 9.17) is 9.47 Å². The lowest BCUT2D eigenvalue weighted by Gasteiger charge is -2.40. The lowest BCUT2D eigenvalue weighted by Crippen LogP contribution is -2.48. The van der Waals surface area contributed by atoms with Crippen molar-refractivity contribution in [3.63, 3.8) is 0 Å². The quantitative estimate of drug-likeness (QED) is 0.440. The molecule has 0 aromatic heterocycles. The van der Waals surface area contributed by atoms with Crippen LogP contribution in [0.15, 0.2) is 4.99 Å². The molecular formula is C19H37N3O2. The third kappa shape index (κ3) is 6.25. The van der Waals surface area contributed by atoms with Gasteiger partial charge in [-0.15, -0.1) is 0 Å². The molecule has 1 aliphatic carbocycles. The minimum absolute atomic E-state index is 0.179. The van der Waals surface area contributed by atoms with Gasteiger partial charge in [-0.25, -0.2) is 0 Å². The predicted molar refractivity (Wildman–Crippen MR) is 99.5 cm³/mol. The van der Waals surface area contributed by atoms with Gasteiger partial charge >= 0.3 is 0 Å². The number of guanidine groups is 1. The molecular weight excluding hydrogens is 302 g/mol. The second-order valence-electron chi connectivity index (χ2n) is 8.43. The topological polar surface area (TPSA) is 46.1 Å². The fraction of sp³-hybridized carbons (Fsp3) is 0.947. The van der Waals surface area contributed by atoms with Crippen molar-refractivity contribution in [1.82, 2.24) is 10.2 Å². The van der Waals surface area contributed by atoms with Crippen LogP contribution in [0.2, 0.25) is 0 Å². The lowest BCUT2D eigenvalue weighted by molar-refractivity contribution is -0.0836. The molecule has 1 saturated carbocycles. The van der Waals surface area contributed by atoms with Crippen LogP contribution >= 0.6 is 0 Å². The highest BCUT2D eigenvalue weighted by molar-refractivity contribution is 5.79. The first kappa shape index (κ1) is 19.5. The maximum Gasteiger partial charge on any atom is 0.193 e. The van der Waals surface area contributed by atoms with Gasteiger partial charge in [0.15, 0.2) is 5.96 Å². The van der Waals surface area contributed by atoms with E-state index in [1.54, 1.807) is 0 Å². The molecule has 0 aromatic rings. The van der Waals surface area contributed by atoms with Crippen molar-refractivity contribution in [1.29, 1.82) is 0 Å². The van der Waals surface area contributed by atoms with Gasteiger partial charge in [0.1, 0.15) is 0 Å². The first-order valence-corrected chi connectivity index (χ1v) is 9.53. The molecule has 5 heteroatoms. The van der Waals surface area contributed by atoms with Gasteiger partial charge in [-0.1, -0.05) is 20.8 Å². The van der Waals surface area contributed by atoms with E-state index in [1.807, 2.05) is 7.05 Å². The largest absolute Gasteiger partial charge is 0.379 e. The molecule has 2 unspecified atom stereocenters. The van der Waals surface area contributed by atoms with Crippen LogP contribution in [0.4, 0.5) is 0 Å². The van der Waals surface area contributed by atoms with Crippen molar-refractivity contribution in [3.05, 3.63) is 0 Å². The summed E-state index contributed by atoms with van der Waals surface area (Å²) < 4.78 is 11.8. The zero-order chi connectivity index (χ0) is 17.6. The first-order valence-electron chi connectivity index (χ1n) is 9.53. The minimum Gasteiger partial charge on any atom is -0.379 e. The highest BCUT2D eigenvalue weighted by atomic mass is 16.5. The Bertz CT molecular complexity index is 402. The lowest BCUT2D eigenvalue weighted by atomic mass is 9.78. The van der Waals surface area contributed by atoms with E-state index in [-0.39, 0.29) is 5.41 Å². The number of likely N-dealkylation sites (N-methyl/N-ethyl adjacent to an activating group) is 1. The Hall–Kier alpha value is -0.810. The molecule has 1 N–H and O–H groups in total. The molecule has 0 spiro atoms. The summed E-state index contributed by atoms with van der Waals surface area (Å²) in [7, 11) is 3.93. The molecule has 0 bridgehead atoms. The monoisotopic (exact) mass is 339 g/mol. The normalized spacial score (nSPS) is 25.6. The van der Waals surface area contributed by atoms with Gasteiger partial charge in [0.05, 0.1) is 12.7 Å². The summed E-state index contributed by atoms with van der Waals surface area (Å²) in [5, 5.41) is 3.54. The van der Waals surface area contributed by atoms with Gasteiger partial charge in [-0.3, -0.25) is 4.99 Å². The van der Waals surface area contributed by atoms with E-state index in [2.05, 4.69) is 43.0 Å². The second-order valence-corrected chi connectivity index (χ2v) is 8.43. The van der Waals surface area contributed by atoms with Crippen LogP contribution in [0.1, 0.15) is 46.5 Å². The zero-order valence-corrected chi connectivity index (χ0v) is 16.3. The van der Waals surface area contributed by atoms with Crippen LogP contribution in [0.25, 0.3) is 0 Å². The van der Waals surface area contributed by atoms with E-state index >= 15 is 0 Å². The van der Waals surface area contributed by atoms with Crippen LogP contribution in [0, 0.1) is 17.3 Å². The molecule has 2 fully saturated rings. The fourth-order valence-corrected chi connectivity index (χ4v) is 3.46. The Balaban J connectivity index is 1.74. The predicted octanol–water partition coefficient (Wildman–Crippen LogP) is 2.76. The smallest absolute Gasteiger partial charge is 0.193 e. The first-order chi connectivity index (χ1) is 11.4. The minimum atomic E-state index is 0.179. The van der Waals surface area contributed by atoms with Crippen LogP contribution in [-0.4, -0.2) is 64.0 Å². The average molecular weight is 340 g/mol. The standard InChI is InChI=1S/C19H37N3O2/c1-19(2,3)17-16(7-6-11-24-17)13-21-18(20-4)22(5)10-12-23-14-15-8-9-15/h15-17H,6-14H2,1-5H3,(H,20,21). The second kappa shape index (κ2) is 9.04. The molecule has 2 atom stereocenters. The molecule has 140 valence electrons. The number of nitrogens with zero attached hydrogens (tertiary/aromatic N) is 2. The summed E-state index contributed by atoms with van der Waals surface area (Å²) >= 11 is 0. The maximum absolute atomic E-state index is 6.08. The summed E-state index contributed by atoms with van der Waals surface area (Å²) in [4.78, 5) is 6.58. The highest BCUT2D eigenvalue weighted by Gasteiger charge is 2.35. The van der Waals surface area contributed by atoms with Gasteiger partial charge in [-0.05, 0) is 37.0 Å². The Morgan fingerprint density at radius 1 is 1.29 bits per heavy atom. The van der Waals surface area contributed by atoms with Crippen molar-refractivity contribution in [2.75, 3.05) is 47.0 Å². The van der Waals surface area contributed by atoms with Crippen molar-refractivity contribution in [2.45, 2.75) is 52.6 Å². The van der Waals surface area contributed by atoms with Gasteiger partial charge in [0.2, 0.25) is 0 Å². The Labute approximate surface area is 148 Å². The molecule has 0 amide bonds. The number of hydrogen-bond donors (Lipinski definition) is 1. The number of hydrogen-bond acceptors (Lipinski definition) is 3. The van der Waals surface area contributed by atoms with E-state index in [1.165, 1.54) is 19.3 Å². The van der Waals surface area contributed by atoms with Crippen LogP contribution in [0.5, 0.6) is 0 Å². The third-order valence-corrected chi connectivity index (χ3v) is 5.02. The van der Waals surface area contributed by atoms with E-state index < -0.39 is 0 Å². The zero-order valence-electron chi connectivity index (χ0n) is 16.3. The molecule has 24 heavy (non-hydrogen) atoms. The summed E-state index contributed by atoms with van der Waals surface area (Å²) in [5.41, 5.74) is 0.179. The third-order valence-electron chi connectivity index (χ3n) is 5.02. The summed E-state index contributed by atoms with van der Waals surface area (Å²) in [6.45, 7) is 11.2. The molecule has 2 rings (SSSR count). The molecule has 1 saturated heterocycles. The van der Waals surface area contributed by atoms with Gasteiger partial charge in [-0.2, -0.15) is 0 Å². The molecule has 2 aliphatic rings. The van der Waals surface area contributed by atoms with Crippen LogP contribution < -0.4 is 5.32 Å². The number of ether oxygens (including phenoxy) is 2. The summed E-state index contributed by atoms with van der Waals surface area (Å²) in [6, 6.07) is 0. The van der Waals surface area contributed by atoms with Crippen LogP contribution in [0.3, 0.4) is 0 Å². The molecule has 1 aliphatic heterocycles. The fourth-order valence-electron chi connectivity index (χ4n) is 3.46. The van der Waals surface area contributed by atoms with Crippen molar-refractivity contribution >= 4 is 5.96 Å². The molecule has 0 radical (unpaired) electrons. The average Bonchev–Trinajstić information content (AvgIpc) is 3.36. The Kier molecular flexibility index (Phi) is 7.35. The van der Waals surface area contributed by atoms with Gasteiger partial charge in [0, 0.05) is 46.3 Å². The number of nitrogens with one attached hydrogen (secondary N) is 1. The number of aliphatic imine (C=N–C) groups is 1. The Morgan fingerprint density at radius 2 is 2.04 bits per heavy atom. The van der Waals surface area contributed by atoms with E-state index in [9.17, 15) is 0 Å². The molecule has 1 heterocycles. The SMILES string of the molecule is CN=C(NCC1CCCOC1C(C)(C)C)N(C)CCOCC1CC1. The van der Waals surface area contributed by atoms with Crippen LogP contribution in [-0.2, 0) is 9.47 Å². The molecule has 0 aromatic carbocycles. The maximum atomic E-state index is 6.08.